The molecule has 0 bridgehead atoms. The first kappa shape index (κ1) is 35.4. The fraction of sp³-hybridized carbons (Fsp3) is 0.471. The standard InChI is InChI=1S/C34H41F2N7O6S/c1-33(2,10-12-39-20-4-7-24(37)22(18-20)31(46)43(38)25-8-9-27(44)40-30(25)45)48-15-11-34(3)42-26(19-50-32(42)41-13-16-47-17-14-41)21-5-6-23(35)28(36)29(21)49-34/h4-7,18-19,25,39H,8-17,38H2,1-3H3,(H2-,37,40,44,45,46)/p+1. The lowest BCUT2D eigenvalue weighted by Crippen LogP contribution is -2.63. The van der Waals surface area contributed by atoms with Crippen LogP contribution in [0.3, 0.4) is 0 Å². The molecule has 268 valence electrons. The van der Waals surface area contributed by atoms with Crippen LogP contribution in [0.1, 0.15) is 56.8 Å². The molecule has 3 aliphatic rings. The second-order valence-corrected chi connectivity index (χ2v) is 14.2. The lowest BCUT2D eigenvalue weighted by atomic mass is 10.0. The largest absolute Gasteiger partial charge is 0.445 e. The number of nitrogens with zero attached hydrogens (tertiary/aromatic N) is 3. The van der Waals surface area contributed by atoms with Crippen molar-refractivity contribution in [2.24, 2.45) is 5.84 Å². The Labute approximate surface area is 292 Å². The summed E-state index contributed by atoms with van der Waals surface area (Å²) in [7, 11) is 0. The van der Waals surface area contributed by atoms with Crippen molar-refractivity contribution in [3.05, 3.63) is 52.9 Å². The van der Waals surface area contributed by atoms with Gasteiger partial charge in [-0.05, 0) is 57.0 Å². The molecular formula is C34H42F2N7O6S+. The van der Waals surface area contributed by atoms with Crippen molar-refractivity contribution in [2.45, 2.75) is 63.8 Å². The average Bonchev–Trinajstić information content (AvgIpc) is 3.54. The number of hydrazine groups is 1. The van der Waals surface area contributed by atoms with Crippen LogP contribution in [-0.4, -0.2) is 73.8 Å². The zero-order valence-electron chi connectivity index (χ0n) is 28.2. The molecule has 4 heterocycles. The molecule has 0 saturated carbocycles. The third-order valence-corrected chi connectivity index (χ3v) is 10.3. The van der Waals surface area contributed by atoms with Crippen molar-refractivity contribution in [2.75, 3.05) is 55.4 Å². The van der Waals surface area contributed by atoms with Gasteiger partial charge in [0, 0.05) is 36.6 Å². The summed E-state index contributed by atoms with van der Waals surface area (Å²) in [6.45, 7) is 9.08. The van der Waals surface area contributed by atoms with Gasteiger partial charge in [0.1, 0.15) is 19.1 Å². The fourth-order valence-electron chi connectivity index (χ4n) is 6.37. The van der Waals surface area contributed by atoms with E-state index in [0.717, 1.165) is 21.9 Å². The highest BCUT2D eigenvalue weighted by Gasteiger charge is 2.47. The molecule has 2 saturated heterocycles. The van der Waals surface area contributed by atoms with Crippen molar-refractivity contribution in [3.63, 3.8) is 0 Å². The number of carbonyl (C=O) groups excluding carboxylic acids is 3. The number of halogens is 2. The molecule has 1 aromatic heterocycles. The molecule has 6 rings (SSSR count). The predicted molar refractivity (Wildman–Crippen MR) is 182 cm³/mol. The van der Waals surface area contributed by atoms with Crippen LogP contribution in [0.15, 0.2) is 35.7 Å². The predicted octanol–water partition coefficient (Wildman–Crippen LogP) is 3.27. The Hall–Kier alpha value is -4.38. The maximum atomic E-state index is 15.1. The number of imide groups is 1. The van der Waals surface area contributed by atoms with Gasteiger partial charge in [0.15, 0.2) is 17.3 Å². The third kappa shape index (κ3) is 7.10. The number of ether oxygens (including phenoxy) is 3. The molecule has 0 aliphatic carbocycles. The number of aromatic nitrogens is 1. The van der Waals surface area contributed by atoms with E-state index in [4.69, 9.17) is 25.8 Å². The molecule has 2 fully saturated rings. The van der Waals surface area contributed by atoms with E-state index in [1.54, 1.807) is 24.3 Å². The highest BCUT2D eigenvalue weighted by atomic mass is 32.1. The molecule has 3 aromatic rings. The van der Waals surface area contributed by atoms with Gasteiger partial charge in [-0.3, -0.25) is 24.7 Å². The maximum absolute atomic E-state index is 15.1. The van der Waals surface area contributed by atoms with E-state index in [9.17, 15) is 18.8 Å². The monoisotopic (exact) mass is 714 g/mol. The number of carbonyl (C=O) groups is 3. The van der Waals surface area contributed by atoms with Crippen LogP contribution >= 0.6 is 11.3 Å². The number of rotatable bonds is 11. The lowest BCUT2D eigenvalue weighted by molar-refractivity contribution is -0.778. The number of benzene rings is 2. The third-order valence-electron chi connectivity index (χ3n) is 9.29. The first-order valence-electron chi connectivity index (χ1n) is 16.5. The first-order chi connectivity index (χ1) is 23.8. The van der Waals surface area contributed by atoms with E-state index in [1.165, 1.54) is 11.3 Å². The fourth-order valence-corrected chi connectivity index (χ4v) is 7.54. The van der Waals surface area contributed by atoms with Crippen LogP contribution in [0.2, 0.25) is 0 Å². The van der Waals surface area contributed by atoms with Crippen LogP contribution in [0.25, 0.3) is 11.3 Å². The Morgan fingerprint density at radius 3 is 2.74 bits per heavy atom. The number of nitrogens with two attached hydrogens (primary N) is 2. The second kappa shape index (κ2) is 14.1. The number of amides is 3. The topological polar surface area (TPSA) is 165 Å². The zero-order valence-corrected chi connectivity index (χ0v) is 29.0. The molecule has 2 aromatic carbocycles. The number of hydrogen-bond donors (Lipinski definition) is 4. The molecule has 2 unspecified atom stereocenters. The number of morpholine rings is 1. The van der Waals surface area contributed by atoms with Gasteiger partial charge in [-0.1, -0.05) is 11.3 Å². The summed E-state index contributed by atoms with van der Waals surface area (Å²) in [5, 5.41) is 9.20. The number of fused-ring (bicyclic) bond motifs is 3. The highest BCUT2D eigenvalue weighted by molar-refractivity contribution is 7.13. The van der Waals surface area contributed by atoms with E-state index in [-0.39, 0.29) is 36.4 Å². The van der Waals surface area contributed by atoms with Gasteiger partial charge in [-0.15, -0.1) is 0 Å². The van der Waals surface area contributed by atoms with Crippen LogP contribution in [-0.2, 0) is 24.8 Å². The molecule has 0 radical (unpaired) electrons. The summed E-state index contributed by atoms with van der Waals surface area (Å²) >= 11 is 1.53. The molecule has 50 heavy (non-hydrogen) atoms. The van der Waals surface area contributed by atoms with Gasteiger partial charge in [0.05, 0.1) is 43.0 Å². The van der Waals surface area contributed by atoms with Gasteiger partial charge in [0.25, 0.3) is 17.5 Å². The van der Waals surface area contributed by atoms with Crippen molar-refractivity contribution in [1.29, 1.82) is 0 Å². The van der Waals surface area contributed by atoms with Crippen LogP contribution < -0.4 is 36.4 Å². The summed E-state index contributed by atoms with van der Waals surface area (Å²) in [6.07, 6.45) is 1.11. The minimum absolute atomic E-state index is 0.0778. The van der Waals surface area contributed by atoms with Crippen LogP contribution in [0.4, 0.5) is 25.3 Å². The smallest absolute Gasteiger partial charge is 0.339 e. The maximum Gasteiger partial charge on any atom is 0.339 e. The van der Waals surface area contributed by atoms with Crippen molar-refractivity contribution < 1.29 is 41.9 Å². The molecule has 13 nitrogen and oxygen atoms in total. The Kier molecular flexibility index (Phi) is 9.99. The highest BCUT2D eigenvalue weighted by Crippen LogP contribution is 2.43. The first-order valence-corrected chi connectivity index (χ1v) is 17.4. The Bertz CT molecular complexity index is 1800. The van der Waals surface area contributed by atoms with Crippen LogP contribution in [0.5, 0.6) is 5.75 Å². The zero-order chi connectivity index (χ0) is 35.8. The van der Waals surface area contributed by atoms with Crippen molar-refractivity contribution >= 4 is 45.6 Å². The summed E-state index contributed by atoms with van der Waals surface area (Å²) in [4.78, 5) is 39.2. The van der Waals surface area contributed by atoms with Gasteiger partial charge < -0.3 is 25.3 Å². The SMILES string of the molecule is CC(C)(CCNc1ccc(N)c(C(=O)N(N)C2CCC(=O)NC2=O)c1)OCCC1(C)Oc2c(ccc(F)c2F)-c2csc(N3CCOCC3)[n+]21. The van der Waals surface area contributed by atoms with Gasteiger partial charge >= 0.3 is 5.13 Å². The van der Waals surface area contributed by atoms with Crippen LogP contribution in [0, 0.1) is 11.6 Å². The Balaban J connectivity index is 1.09. The molecule has 2 atom stereocenters. The summed E-state index contributed by atoms with van der Waals surface area (Å²) < 4.78 is 49.7. The molecule has 3 aliphatic heterocycles. The quantitative estimate of drug-likeness (QED) is 0.0579. The molecule has 6 N–H and O–H groups in total. The minimum Gasteiger partial charge on any atom is -0.445 e. The normalized spacial score (nSPS) is 20.4. The number of anilines is 3. The number of thiazole rings is 1. The number of hydrogen-bond acceptors (Lipinski definition) is 11. The molecular weight excluding hydrogens is 672 g/mol. The summed E-state index contributed by atoms with van der Waals surface area (Å²) in [5.41, 5.74) is 6.59. The number of nitrogen functional groups attached to an aromatic ring is 1. The van der Waals surface area contributed by atoms with Crippen molar-refractivity contribution in [3.8, 4) is 17.0 Å². The minimum atomic E-state index is -1.07. The van der Waals surface area contributed by atoms with Gasteiger partial charge in [-0.2, -0.15) is 8.96 Å². The molecule has 16 heteroatoms. The van der Waals surface area contributed by atoms with E-state index in [2.05, 4.69) is 20.1 Å². The number of nitrogens with one attached hydrogen (secondary N) is 2. The van der Waals surface area contributed by atoms with Gasteiger partial charge in [0.2, 0.25) is 11.7 Å². The summed E-state index contributed by atoms with van der Waals surface area (Å²) in [5.74, 6) is 2.23. The second-order valence-electron chi connectivity index (χ2n) is 13.4. The molecule has 3 amide bonds. The average molecular weight is 715 g/mol. The Morgan fingerprint density at radius 2 is 2.00 bits per heavy atom. The van der Waals surface area contributed by atoms with E-state index < -0.39 is 46.7 Å². The Morgan fingerprint density at radius 1 is 1.24 bits per heavy atom. The summed E-state index contributed by atoms with van der Waals surface area (Å²) in [6, 6.07) is 6.56. The molecule has 0 spiro atoms. The lowest BCUT2D eigenvalue weighted by Gasteiger charge is -2.36. The number of piperidine rings is 1. The van der Waals surface area contributed by atoms with Crippen molar-refractivity contribution in [1.82, 2.24) is 10.3 Å². The van der Waals surface area contributed by atoms with E-state index >= 15 is 4.39 Å². The van der Waals surface area contributed by atoms with E-state index in [1.807, 2.05) is 26.2 Å². The van der Waals surface area contributed by atoms with Gasteiger partial charge in [-0.25, -0.2) is 15.1 Å². The van der Waals surface area contributed by atoms with E-state index in [0.29, 0.717) is 56.9 Å².